The van der Waals surface area contributed by atoms with Crippen LogP contribution in [0.4, 0.5) is 0 Å². The van der Waals surface area contributed by atoms with Crippen LogP contribution < -0.4 is 14.8 Å². The van der Waals surface area contributed by atoms with Crippen molar-refractivity contribution < 1.29 is 38.8 Å². The molecule has 222 valence electrons. The van der Waals surface area contributed by atoms with Crippen LogP contribution in [0.5, 0.6) is 11.5 Å². The summed E-state index contributed by atoms with van der Waals surface area (Å²) in [6.07, 6.45) is 6.21. The second kappa shape index (κ2) is 15.7. The summed E-state index contributed by atoms with van der Waals surface area (Å²) in [5.74, 6) is -0.547. The van der Waals surface area contributed by atoms with Crippen molar-refractivity contribution in [2.24, 2.45) is 0 Å². The minimum Gasteiger partial charge on any atom is -0.493 e. The molecule has 0 saturated heterocycles. The number of methoxy groups -OCH3 is 1. The maximum atomic E-state index is 13.5. The van der Waals surface area contributed by atoms with Gasteiger partial charge in [0.25, 0.3) is 0 Å². The van der Waals surface area contributed by atoms with Crippen LogP contribution >= 0.6 is 0 Å². The van der Waals surface area contributed by atoms with E-state index in [2.05, 4.69) is 12.2 Å². The predicted molar refractivity (Wildman–Crippen MR) is 150 cm³/mol. The summed E-state index contributed by atoms with van der Waals surface area (Å²) in [5, 5.41) is 23.7. The van der Waals surface area contributed by atoms with E-state index in [1.54, 1.807) is 23.1 Å². The third-order valence-electron chi connectivity index (χ3n) is 7.48. The van der Waals surface area contributed by atoms with Crippen molar-refractivity contribution in [1.29, 1.82) is 0 Å². The number of aldehydes is 1. The van der Waals surface area contributed by atoms with Crippen LogP contribution in [-0.4, -0.2) is 91.5 Å². The van der Waals surface area contributed by atoms with Gasteiger partial charge >= 0.3 is 0 Å². The number of hydrogen-bond acceptors (Lipinski definition) is 8. The zero-order valence-electron chi connectivity index (χ0n) is 23.9. The lowest BCUT2D eigenvalue weighted by molar-refractivity contribution is -0.137. The topological polar surface area (TPSA) is 135 Å². The highest BCUT2D eigenvalue weighted by Gasteiger charge is 2.51. The maximum absolute atomic E-state index is 13.5. The standard InChI is InChI=1S/C30H44N2O8/c1-4-6-7-8-9-11-25(35)32(13-10-15-39-5-2)23-18-22(30(37)31-12-14-33)26-21-16-20(19-34)17-24(38-3)28(21)40-29(26)27(23)36/h16-19,23,26-27,29,33,36H,4-15H2,1-3H3,(H,31,37). The molecule has 10 heteroatoms. The number of aliphatic hydroxyl groups excluding tert-OH is 2. The molecule has 40 heavy (non-hydrogen) atoms. The van der Waals surface area contributed by atoms with Crippen LogP contribution in [-0.2, 0) is 14.3 Å². The molecule has 0 fully saturated rings. The highest BCUT2D eigenvalue weighted by molar-refractivity contribution is 5.96. The molecular formula is C30H44N2O8. The molecule has 0 radical (unpaired) electrons. The first-order valence-electron chi connectivity index (χ1n) is 14.4. The molecule has 1 heterocycles. The van der Waals surface area contributed by atoms with Crippen LogP contribution in [0.2, 0.25) is 0 Å². The first-order chi connectivity index (χ1) is 19.4. The van der Waals surface area contributed by atoms with Crippen LogP contribution in [0.25, 0.3) is 0 Å². The van der Waals surface area contributed by atoms with Crippen molar-refractivity contribution in [3.8, 4) is 11.5 Å². The fourth-order valence-electron chi connectivity index (χ4n) is 5.50. The van der Waals surface area contributed by atoms with Crippen molar-refractivity contribution in [3.63, 3.8) is 0 Å². The molecule has 4 atom stereocenters. The van der Waals surface area contributed by atoms with Crippen LogP contribution in [0, 0.1) is 0 Å². The van der Waals surface area contributed by atoms with Gasteiger partial charge < -0.3 is 34.6 Å². The highest BCUT2D eigenvalue weighted by atomic mass is 16.5. The molecule has 10 nitrogen and oxygen atoms in total. The first-order valence-corrected chi connectivity index (χ1v) is 14.4. The van der Waals surface area contributed by atoms with Crippen molar-refractivity contribution in [3.05, 3.63) is 34.9 Å². The average molecular weight is 561 g/mol. The quantitative estimate of drug-likeness (QED) is 0.196. The summed E-state index contributed by atoms with van der Waals surface area (Å²) in [6.45, 7) is 5.22. The van der Waals surface area contributed by atoms with E-state index in [4.69, 9.17) is 14.2 Å². The van der Waals surface area contributed by atoms with Crippen LogP contribution in [0.3, 0.4) is 0 Å². The zero-order chi connectivity index (χ0) is 29.1. The van der Waals surface area contributed by atoms with E-state index in [-0.39, 0.29) is 19.1 Å². The molecule has 1 aromatic rings. The maximum Gasteiger partial charge on any atom is 0.247 e. The summed E-state index contributed by atoms with van der Waals surface area (Å²) in [4.78, 5) is 40.2. The van der Waals surface area contributed by atoms with E-state index in [0.717, 1.165) is 32.1 Å². The molecule has 4 unspecified atom stereocenters. The fourth-order valence-corrected chi connectivity index (χ4v) is 5.50. The molecule has 3 N–H and O–H groups in total. The van der Waals surface area contributed by atoms with E-state index < -0.39 is 30.1 Å². The van der Waals surface area contributed by atoms with Crippen LogP contribution in [0.1, 0.15) is 80.6 Å². The molecule has 1 aliphatic carbocycles. The van der Waals surface area contributed by atoms with Gasteiger partial charge in [-0.15, -0.1) is 0 Å². The van der Waals surface area contributed by atoms with Gasteiger partial charge in [-0.2, -0.15) is 0 Å². The lowest BCUT2D eigenvalue weighted by Crippen LogP contribution is -2.56. The molecule has 0 bridgehead atoms. The third kappa shape index (κ3) is 7.41. The largest absolute Gasteiger partial charge is 0.493 e. The zero-order valence-corrected chi connectivity index (χ0v) is 23.9. The number of unbranched alkanes of at least 4 members (excludes halogenated alkanes) is 4. The van der Waals surface area contributed by atoms with Gasteiger partial charge in [0.2, 0.25) is 11.8 Å². The minimum atomic E-state index is -1.15. The Morgan fingerprint density at radius 2 is 1.93 bits per heavy atom. The number of aliphatic hydroxyl groups is 2. The molecule has 0 aromatic heterocycles. The van der Waals surface area contributed by atoms with E-state index >= 15 is 0 Å². The molecule has 2 amide bonds. The summed E-state index contributed by atoms with van der Waals surface area (Å²) in [6, 6.07) is 2.37. The minimum absolute atomic E-state index is 0.0426. The van der Waals surface area contributed by atoms with E-state index in [9.17, 15) is 24.6 Å². The second-order valence-electron chi connectivity index (χ2n) is 10.2. The van der Waals surface area contributed by atoms with Gasteiger partial charge in [-0.3, -0.25) is 14.4 Å². The van der Waals surface area contributed by atoms with Gasteiger partial charge in [0.15, 0.2) is 11.5 Å². The second-order valence-corrected chi connectivity index (χ2v) is 10.2. The van der Waals surface area contributed by atoms with Gasteiger partial charge in [0, 0.05) is 49.4 Å². The van der Waals surface area contributed by atoms with Crippen LogP contribution in [0.15, 0.2) is 23.8 Å². The Hall–Kier alpha value is -2.95. The number of hydrogen-bond donors (Lipinski definition) is 3. The lowest BCUT2D eigenvalue weighted by atomic mass is 9.77. The van der Waals surface area contributed by atoms with Gasteiger partial charge in [0.05, 0.1) is 25.7 Å². The Balaban J connectivity index is 1.99. The Bertz CT molecular complexity index is 1040. The van der Waals surface area contributed by atoms with Gasteiger partial charge in [-0.1, -0.05) is 32.6 Å². The van der Waals surface area contributed by atoms with E-state index in [1.165, 1.54) is 7.11 Å². The summed E-state index contributed by atoms with van der Waals surface area (Å²) in [5.41, 5.74) is 1.21. The normalized spacial score (nSPS) is 21.1. The number of nitrogens with one attached hydrogen (secondary N) is 1. The first kappa shape index (κ1) is 31.6. The van der Waals surface area contributed by atoms with E-state index in [1.807, 2.05) is 6.92 Å². The van der Waals surface area contributed by atoms with Gasteiger partial charge in [-0.05, 0) is 38.0 Å². The number of ether oxygens (including phenoxy) is 3. The summed E-state index contributed by atoms with van der Waals surface area (Å²) in [7, 11) is 1.46. The number of amides is 2. The molecule has 0 saturated carbocycles. The Kier molecular flexibility index (Phi) is 12.4. The molecule has 0 spiro atoms. The summed E-state index contributed by atoms with van der Waals surface area (Å²) >= 11 is 0. The molecule has 2 aliphatic rings. The lowest BCUT2D eigenvalue weighted by Gasteiger charge is -2.41. The number of fused-ring (bicyclic) bond motifs is 3. The Morgan fingerprint density at radius 3 is 2.60 bits per heavy atom. The number of benzene rings is 1. The number of carbonyl (C=O) groups excluding carboxylic acids is 3. The molecular weight excluding hydrogens is 516 g/mol. The van der Waals surface area contributed by atoms with Crippen molar-refractivity contribution >= 4 is 18.1 Å². The SMILES string of the molecule is CCCCCCCC(=O)N(CCCOCC)C1C=C(C(=O)NCCO)C2c3cc(C=O)cc(OC)c3OC2C1O. The molecule has 1 aliphatic heterocycles. The monoisotopic (exact) mass is 560 g/mol. The van der Waals surface area contributed by atoms with Crippen molar-refractivity contribution in [1.82, 2.24) is 10.2 Å². The molecule has 3 rings (SSSR count). The van der Waals surface area contributed by atoms with Gasteiger partial charge in [0.1, 0.15) is 18.5 Å². The van der Waals surface area contributed by atoms with E-state index in [0.29, 0.717) is 67.1 Å². The smallest absolute Gasteiger partial charge is 0.247 e. The van der Waals surface area contributed by atoms with Crippen molar-refractivity contribution in [2.45, 2.75) is 83.0 Å². The number of carbonyl (C=O) groups is 3. The average Bonchev–Trinajstić information content (AvgIpc) is 3.36. The fraction of sp³-hybridized carbons (Fsp3) is 0.633. The predicted octanol–water partition coefficient (Wildman–Crippen LogP) is 2.75. The number of nitrogens with zero attached hydrogens (tertiary/aromatic N) is 1. The third-order valence-corrected chi connectivity index (χ3v) is 7.48. The van der Waals surface area contributed by atoms with Crippen molar-refractivity contribution in [2.75, 3.05) is 40.0 Å². The number of rotatable bonds is 17. The molecule has 1 aromatic carbocycles. The Morgan fingerprint density at radius 1 is 1.15 bits per heavy atom. The van der Waals surface area contributed by atoms with Gasteiger partial charge in [-0.25, -0.2) is 0 Å². The highest BCUT2D eigenvalue weighted by Crippen LogP contribution is 2.51. The summed E-state index contributed by atoms with van der Waals surface area (Å²) < 4.78 is 17.2. The Labute approximate surface area is 236 Å².